The molecule has 0 bridgehead atoms. The summed E-state index contributed by atoms with van der Waals surface area (Å²) in [5.41, 5.74) is 6.54. The Morgan fingerprint density at radius 1 is 1.14 bits per heavy atom. The first-order valence-electron chi connectivity index (χ1n) is 9.42. The molecule has 0 heterocycles. The summed E-state index contributed by atoms with van der Waals surface area (Å²) in [5.74, 6) is 0.786. The molecule has 4 heteroatoms. The van der Waals surface area contributed by atoms with Crippen molar-refractivity contribution in [2.75, 3.05) is 6.61 Å². The van der Waals surface area contributed by atoms with E-state index < -0.39 is 0 Å². The molecule has 0 unspecified atom stereocenters. The Morgan fingerprint density at radius 2 is 1.89 bits per heavy atom. The van der Waals surface area contributed by atoms with Gasteiger partial charge in [-0.2, -0.15) is 5.10 Å². The quantitative estimate of drug-likeness (QED) is 0.388. The van der Waals surface area contributed by atoms with Gasteiger partial charge in [0.1, 0.15) is 5.75 Å². The third-order valence-electron chi connectivity index (χ3n) is 4.04. The number of nitrogens with one attached hydrogen (secondary N) is 1. The number of hydrogen-bond donors (Lipinski definition) is 1. The summed E-state index contributed by atoms with van der Waals surface area (Å²) >= 11 is 0. The Kier molecular flexibility index (Phi) is 8.22. The number of carbonyl (C=O) groups excluding carboxylic acids is 1. The zero-order chi connectivity index (χ0) is 20.4. The first-order chi connectivity index (χ1) is 13.5. The van der Waals surface area contributed by atoms with Crippen LogP contribution in [0.4, 0.5) is 0 Å². The summed E-state index contributed by atoms with van der Waals surface area (Å²) < 4.78 is 5.71. The molecule has 0 aliphatic carbocycles. The molecule has 0 spiro atoms. The molecule has 0 saturated heterocycles. The van der Waals surface area contributed by atoms with Gasteiger partial charge in [-0.15, -0.1) is 0 Å². The van der Waals surface area contributed by atoms with E-state index >= 15 is 0 Å². The van der Waals surface area contributed by atoms with Crippen LogP contribution in [0, 0.1) is 6.92 Å². The van der Waals surface area contributed by atoms with E-state index in [1.54, 1.807) is 0 Å². The van der Waals surface area contributed by atoms with E-state index in [-0.39, 0.29) is 12.5 Å². The van der Waals surface area contributed by atoms with E-state index in [0.717, 1.165) is 22.4 Å². The Morgan fingerprint density at radius 3 is 2.61 bits per heavy atom. The molecular formula is C24H28N2O2. The lowest BCUT2D eigenvalue weighted by Crippen LogP contribution is -2.25. The van der Waals surface area contributed by atoms with Gasteiger partial charge < -0.3 is 4.74 Å². The second kappa shape index (κ2) is 10.9. The number of hydrazone groups is 1. The van der Waals surface area contributed by atoms with Crippen LogP contribution in [0.25, 0.3) is 6.08 Å². The van der Waals surface area contributed by atoms with Gasteiger partial charge in [-0.25, -0.2) is 5.43 Å². The Hall–Kier alpha value is -3.14. The number of ether oxygens (including phenoxy) is 1. The lowest BCUT2D eigenvalue weighted by atomic mass is 10.0. The summed E-state index contributed by atoms with van der Waals surface area (Å²) in [5, 5.41) is 4.07. The largest absolute Gasteiger partial charge is 0.483 e. The zero-order valence-electron chi connectivity index (χ0n) is 17.0. The fraction of sp³-hybridized carbons (Fsp3) is 0.250. The van der Waals surface area contributed by atoms with Crippen molar-refractivity contribution in [3.63, 3.8) is 0 Å². The number of carbonyl (C=O) groups is 1. The molecule has 2 aromatic carbocycles. The van der Waals surface area contributed by atoms with Gasteiger partial charge in [0.2, 0.25) is 0 Å². The van der Waals surface area contributed by atoms with Crippen LogP contribution in [0.2, 0.25) is 0 Å². The predicted octanol–water partition coefficient (Wildman–Crippen LogP) is 5.26. The molecule has 28 heavy (non-hydrogen) atoms. The highest BCUT2D eigenvalue weighted by Gasteiger charge is 2.10. The number of amides is 1. The Balaban J connectivity index is 1.83. The van der Waals surface area contributed by atoms with Gasteiger partial charge in [0.05, 0.1) is 5.71 Å². The van der Waals surface area contributed by atoms with E-state index in [4.69, 9.17) is 4.74 Å². The standard InChI is InChI=1S/C24H28N2O2/c1-18(2)22-15-14-19(3)16-23(22)28-17-24(27)26-25-20(4)10-8-9-13-21-11-6-5-7-12-21/h5-16,18H,17H2,1-4H3,(H,26,27). The molecule has 0 aliphatic rings. The number of benzene rings is 2. The van der Waals surface area contributed by atoms with Gasteiger partial charge in [-0.05, 0) is 48.6 Å². The highest BCUT2D eigenvalue weighted by atomic mass is 16.5. The van der Waals surface area contributed by atoms with E-state index in [2.05, 4.69) is 30.4 Å². The van der Waals surface area contributed by atoms with Crippen LogP contribution >= 0.6 is 0 Å². The minimum Gasteiger partial charge on any atom is -0.483 e. The monoisotopic (exact) mass is 376 g/mol. The van der Waals surface area contributed by atoms with Gasteiger partial charge >= 0.3 is 0 Å². The van der Waals surface area contributed by atoms with Crippen LogP contribution in [0.1, 0.15) is 43.4 Å². The van der Waals surface area contributed by atoms with E-state index in [1.165, 1.54) is 0 Å². The fourth-order valence-electron chi connectivity index (χ4n) is 2.53. The molecule has 4 nitrogen and oxygen atoms in total. The van der Waals surface area contributed by atoms with Gasteiger partial charge in [0.15, 0.2) is 6.61 Å². The van der Waals surface area contributed by atoms with Crippen molar-refractivity contribution in [2.45, 2.75) is 33.6 Å². The fourth-order valence-corrected chi connectivity index (χ4v) is 2.53. The molecule has 2 aromatic rings. The normalized spacial score (nSPS) is 12.1. The van der Waals surface area contributed by atoms with Gasteiger partial charge in [-0.1, -0.05) is 74.5 Å². The maximum absolute atomic E-state index is 12.0. The first-order valence-corrected chi connectivity index (χ1v) is 9.42. The average molecular weight is 377 g/mol. The SMILES string of the molecule is CC(C=CC=Cc1ccccc1)=NNC(=O)COc1cc(C)ccc1C(C)C. The van der Waals surface area contributed by atoms with Crippen LogP contribution in [-0.4, -0.2) is 18.2 Å². The number of rotatable bonds is 8. The summed E-state index contributed by atoms with van der Waals surface area (Å²) in [6.07, 6.45) is 7.66. The molecule has 1 N–H and O–H groups in total. The maximum atomic E-state index is 12.0. The molecule has 1 amide bonds. The minimum absolute atomic E-state index is 0.0718. The molecule has 0 aliphatic heterocycles. The van der Waals surface area contributed by atoms with Crippen LogP contribution < -0.4 is 10.2 Å². The molecule has 0 aromatic heterocycles. The third kappa shape index (κ3) is 7.23. The van der Waals surface area contributed by atoms with Crippen LogP contribution in [0.3, 0.4) is 0 Å². The lowest BCUT2D eigenvalue weighted by molar-refractivity contribution is -0.123. The maximum Gasteiger partial charge on any atom is 0.277 e. The van der Waals surface area contributed by atoms with Crippen LogP contribution in [-0.2, 0) is 4.79 Å². The molecule has 0 saturated carbocycles. The van der Waals surface area contributed by atoms with E-state index in [9.17, 15) is 4.79 Å². The lowest BCUT2D eigenvalue weighted by Gasteiger charge is -2.14. The van der Waals surface area contributed by atoms with Crippen molar-refractivity contribution < 1.29 is 9.53 Å². The van der Waals surface area contributed by atoms with E-state index in [1.807, 2.05) is 80.6 Å². The van der Waals surface area contributed by atoms with Gasteiger partial charge in [-0.3, -0.25) is 4.79 Å². The topological polar surface area (TPSA) is 50.7 Å². The Labute approximate surface area is 167 Å². The van der Waals surface area contributed by atoms with Crippen molar-refractivity contribution in [1.82, 2.24) is 5.43 Å². The molecular weight excluding hydrogens is 348 g/mol. The minimum atomic E-state index is -0.288. The molecule has 2 rings (SSSR count). The van der Waals surface area contributed by atoms with Crippen molar-refractivity contribution in [3.8, 4) is 5.75 Å². The van der Waals surface area contributed by atoms with Crippen molar-refractivity contribution >= 4 is 17.7 Å². The van der Waals surface area contributed by atoms with Gasteiger partial charge in [0.25, 0.3) is 5.91 Å². The number of aryl methyl sites for hydroxylation is 1. The van der Waals surface area contributed by atoms with Gasteiger partial charge in [0, 0.05) is 0 Å². The van der Waals surface area contributed by atoms with Crippen molar-refractivity contribution in [1.29, 1.82) is 0 Å². The first kappa shape index (κ1) is 21.2. The number of allylic oxidation sites excluding steroid dienone is 3. The summed E-state index contributed by atoms with van der Waals surface area (Å²) in [4.78, 5) is 12.0. The smallest absolute Gasteiger partial charge is 0.277 e. The Bertz CT molecular complexity index is 865. The molecule has 0 fully saturated rings. The van der Waals surface area contributed by atoms with Crippen molar-refractivity contribution in [3.05, 3.63) is 83.4 Å². The molecule has 0 atom stereocenters. The predicted molar refractivity (Wildman–Crippen MR) is 117 cm³/mol. The van der Waals surface area contributed by atoms with E-state index in [0.29, 0.717) is 11.6 Å². The molecule has 0 radical (unpaired) electrons. The second-order valence-corrected chi connectivity index (χ2v) is 6.90. The molecule has 146 valence electrons. The highest BCUT2D eigenvalue weighted by molar-refractivity contribution is 5.94. The highest BCUT2D eigenvalue weighted by Crippen LogP contribution is 2.27. The average Bonchev–Trinajstić information content (AvgIpc) is 2.68. The van der Waals surface area contributed by atoms with Crippen LogP contribution in [0.15, 0.2) is 71.9 Å². The summed E-state index contributed by atoms with van der Waals surface area (Å²) in [6.45, 7) is 7.96. The van der Waals surface area contributed by atoms with Crippen molar-refractivity contribution in [2.24, 2.45) is 5.10 Å². The summed E-state index contributed by atoms with van der Waals surface area (Å²) in [6, 6.07) is 16.1. The zero-order valence-corrected chi connectivity index (χ0v) is 17.0. The number of hydrogen-bond acceptors (Lipinski definition) is 3. The third-order valence-corrected chi connectivity index (χ3v) is 4.04. The van der Waals surface area contributed by atoms with Crippen LogP contribution in [0.5, 0.6) is 5.75 Å². The number of nitrogens with zero attached hydrogens (tertiary/aromatic N) is 1. The second-order valence-electron chi connectivity index (χ2n) is 6.90. The summed E-state index contributed by atoms with van der Waals surface area (Å²) in [7, 11) is 0.